The highest BCUT2D eigenvalue weighted by molar-refractivity contribution is 6.13. The first kappa shape index (κ1) is 49.9. The molecule has 15 aromatic rings. The molecule has 0 aliphatic heterocycles. The van der Waals surface area contributed by atoms with E-state index in [0.29, 0.717) is 5.82 Å². The number of hydrogen-bond acceptors (Lipinski definition) is 2. The van der Waals surface area contributed by atoms with Gasteiger partial charge in [0.05, 0.1) is 50.2 Å². The van der Waals surface area contributed by atoms with Gasteiger partial charge in [-0.3, -0.25) is 0 Å². The molecule has 0 radical (unpaired) electrons. The molecule has 5 heteroatoms. The molecule has 0 saturated carbocycles. The third-order valence-corrected chi connectivity index (χ3v) is 17.0. The molecule has 11 aromatic carbocycles. The zero-order valence-electron chi connectivity index (χ0n) is 47.6. The topological polar surface area (TPSA) is 40.6 Å². The molecular formula is C78H61N5. The van der Waals surface area contributed by atoms with Gasteiger partial charge in [-0.15, -0.1) is 0 Å². The molecule has 15 rings (SSSR count). The number of nitrogens with zero attached hydrogens (tertiary/aromatic N) is 5. The molecular weight excluding hydrogens is 1010 g/mol. The number of benzene rings is 11. The van der Waals surface area contributed by atoms with E-state index in [1.54, 1.807) is 0 Å². The summed E-state index contributed by atoms with van der Waals surface area (Å²) >= 11 is 0. The van der Waals surface area contributed by atoms with Gasteiger partial charge in [-0.1, -0.05) is 211 Å². The van der Waals surface area contributed by atoms with E-state index in [0.717, 1.165) is 78.4 Å². The number of rotatable bonds is 8. The Bertz CT molecular complexity index is 4590. The van der Waals surface area contributed by atoms with Crippen LogP contribution in [0.1, 0.15) is 52.7 Å². The molecule has 0 unspecified atom stereocenters. The Labute approximate surface area is 484 Å². The predicted octanol–water partition coefficient (Wildman–Crippen LogP) is 20.7. The third-order valence-electron chi connectivity index (χ3n) is 17.0. The monoisotopic (exact) mass is 1070 g/mol. The lowest BCUT2D eigenvalue weighted by Gasteiger charge is -2.23. The van der Waals surface area contributed by atoms with Gasteiger partial charge in [0, 0.05) is 71.5 Å². The molecule has 0 aliphatic carbocycles. The summed E-state index contributed by atoms with van der Waals surface area (Å²) in [6.07, 6.45) is 0. The highest BCUT2D eigenvalue weighted by Crippen LogP contribution is 2.46. The van der Waals surface area contributed by atoms with Gasteiger partial charge >= 0.3 is 0 Å². The van der Waals surface area contributed by atoms with Crippen LogP contribution in [0.2, 0.25) is 0 Å². The van der Waals surface area contributed by atoms with Crippen LogP contribution in [0.5, 0.6) is 0 Å². The number of hydrogen-bond donors (Lipinski definition) is 0. The molecule has 4 aromatic heterocycles. The maximum absolute atomic E-state index is 5.51. The zero-order chi connectivity index (χ0) is 56.1. The van der Waals surface area contributed by atoms with E-state index in [-0.39, 0.29) is 10.8 Å². The molecule has 0 bridgehead atoms. The van der Waals surface area contributed by atoms with Gasteiger partial charge in [0.2, 0.25) is 0 Å². The second-order valence-corrected chi connectivity index (χ2v) is 24.2. The van der Waals surface area contributed by atoms with Crippen molar-refractivity contribution in [1.29, 1.82) is 0 Å². The fourth-order valence-electron chi connectivity index (χ4n) is 12.7. The van der Waals surface area contributed by atoms with Crippen molar-refractivity contribution in [2.45, 2.75) is 52.4 Å². The highest BCUT2D eigenvalue weighted by atomic mass is 15.0. The summed E-state index contributed by atoms with van der Waals surface area (Å²) in [5, 5.41) is 7.40. The summed E-state index contributed by atoms with van der Waals surface area (Å²) in [5.41, 5.74) is 21.7. The SMILES string of the molecule is CC(C)(C)c1ccc2c(c1)c1cc(C(C)(C)C)ccc1n2-c1c(-c2ccc(-n3c4ccccc4c4ccccc43)cc2)cc(-c2nc(-c3ccccc3)cc(-c3ccccc3)n2)cc1-c1ccc(-n2c3ccccc3c3ccccc32)cc1. The van der Waals surface area contributed by atoms with Gasteiger partial charge in [-0.05, 0) is 124 Å². The van der Waals surface area contributed by atoms with Crippen LogP contribution < -0.4 is 0 Å². The van der Waals surface area contributed by atoms with Crippen LogP contribution >= 0.6 is 0 Å². The van der Waals surface area contributed by atoms with Crippen molar-refractivity contribution in [1.82, 2.24) is 23.7 Å². The van der Waals surface area contributed by atoms with Crippen molar-refractivity contribution in [3.05, 3.63) is 272 Å². The van der Waals surface area contributed by atoms with E-state index in [1.807, 2.05) is 0 Å². The van der Waals surface area contributed by atoms with Crippen LogP contribution in [0.25, 0.3) is 139 Å². The number of aromatic nitrogens is 5. The van der Waals surface area contributed by atoms with E-state index in [2.05, 4.69) is 316 Å². The maximum atomic E-state index is 5.51. The molecule has 4 heterocycles. The average molecular weight is 1070 g/mol. The normalized spacial score (nSPS) is 12.2. The Kier molecular flexibility index (Phi) is 11.6. The first-order chi connectivity index (χ1) is 40.4. The van der Waals surface area contributed by atoms with Crippen LogP contribution in [0.3, 0.4) is 0 Å². The first-order valence-electron chi connectivity index (χ1n) is 28.9. The minimum atomic E-state index is -0.0641. The highest BCUT2D eigenvalue weighted by Gasteiger charge is 2.27. The van der Waals surface area contributed by atoms with Gasteiger partial charge in [0.15, 0.2) is 5.82 Å². The largest absolute Gasteiger partial charge is 0.309 e. The third kappa shape index (κ3) is 8.45. The maximum Gasteiger partial charge on any atom is 0.160 e. The second-order valence-electron chi connectivity index (χ2n) is 24.2. The van der Waals surface area contributed by atoms with Crippen LogP contribution in [0, 0.1) is 0 Å². The van der Waals surface area contributed by atoms with Gasteiger partial charge in [0.25, 0.3) is 0 Å². The molecule has 0 aliphatic rings. The number of para-hydroxylation sites is 4. The van der Waals surface area contributed by atoms with E-state index >= 15 is 0 Å². The van der Waals surface area contributed by atoms with Crippen molar-refractivity contribution < 1.29 is 0 Å². The summed E-state index contributed by atoms with van der Waals surface area (Å²) in [7, 11) is 0. The minimum absolute atomic E-state index is 0.0641. The van der Waals surface area contributed by atoms with E-state index in [1.165, 1.54) is 65.5 Å². The van der Waals surface area contributed by atoms with Gasteiger partial charge in [-0.25, -0.2) is 9.97 Å². The molecule has 0 atom stereocenters. The molecule has 398 valence electrons. The molecule has 0 amide bonds. The lowest BCUT2D eigenvalue weighted by atomic mass is 9.85. The van der Waals surface area contributed by atoms with Crippen molar-refractivity contribution in [3.63, 3.8) is 0 Å². The fraction of sp³-hybridized carbons (Fsp3) is 0.103. The van der Waals surface area contributed by atoms with Gasteiger partial charge in [-0.2, -0.15) is 0 Å². The van der Waals surface area contributed by atoms with Crippen molar-refractivity contribution >= 4 is 65.4 Å². The van der Waals surface area contributed by atoms with Crippen molar-refractivity contribution in [3.8, 4) is 73.2 Å². The molecule has 83 heavy (non-hydrogen) atoms. The van der Waals surface area contributed by atoms with Crippen molar-refractivity contribution in [2.24, 2.45) is 0 Å². The van der Waals surface area contributed by atoms with E-state index in [9.17, 15) is 0 Å². The molecule has 0 saturated heterocycles. The van der Waals surface area contributed by atoms with Gasteiger partial charge < -0.3 is 13.7 Å². The lowest BCUT2D eigenvalue weighted by molar-refractivity contribution is 0.590. The average Bonchev–Trinajstić information content (AvgIpc) is 2.95. The Morgan fingerprint density at radius 1 is 0.265 bits per heavy atom. The van der Waals surface area contributed by atoms with Crippen LogP contribution in [-0.2, 0) is 10.8 Å². The van der Waals surface area contributed by atoms with E-state index < -0.39 is 0 Å². The fourth-order valence-corrected chi connectivity index (χ4v) is 12.7. The summed E-state index contributed by atoms with van der Waals surface area (Å²) in [6, 6.07) is 95.5. The zero-order valence-corrected chi connectivity index (χ0v) is 47.6. The second kappa shape index (κ2) is 19.3. The molecule has 0 fully saturated rings. The molecule has 0 spiro atoms. The Hall–Kier alpha value is -10.1. The smallest absolute Gasteiger partial charge is 0.160 e. The van der Waals surface area contributed by atoms with Gasteiger partial charge in [0.1, 0.15) is 0 Å². The van der Waals surface area contributed by atoms with Crippen LogP contribution in [0.4, 0.5) is 0 Å². The summed E-state index contributed by atoms with van der Waals surface area (Å²) in [6.45, 7) is 13.9. The Morgan fingerprint density at radius 2 is 0.602 bits per heavy atom. The van der Waals surface area contributed by atoms with E-state index in [4.69, 9.17) is 9.97 Å². The molecule has 5 nitrogen and oxygen atoms in total. The minimum Gasteiger partial charge on any atom is -0.309 e. The first-order valence-corrected chi connectivity index (χ1v) is 28.9. The summed E-state index contributed by atoms with van der Waals surface area (Å²) in [5.74, 6) is 0.648. The molecule has 0 N–H and O–H groups in total. The predicted molar refractivity (Wildman–Crippen MR) is 350 cm³/mol. The Balaban J connectivity index is 1.05. The summed E-state index contributed by atoms with van der Waals surface area (Å²) in [4.78, 5) is 11.0. The number of fused-ring (bicyclic) bond motifs is 9. The van der Waals surface area contributed by atoms with Crippen LogP contribution in [0.15, 0.2) is 261 Å². The Morgan fingerprint density at radius 3 is 0.964 bits per heavy atom. The van der Waals surface area contributed by atoms with Crippen LogP contribution in [-0.4, -0.2) is 23.7 Å². The van der Waals surface area contributed by atoms with Crippen molar-refractivity contribution in [2.75, 3.05) is 0 Å². The standard InChI is InChI=1S/C78H61N5/c1-77(2,3)55-37-43-73-65(47-55)66-48-56(78(4,5)6)38-44-74(66)83(73)75-63(50-33-39-57(40-34-50)81-69-29-17-13-25-59(69)60-26-14-18-30-70(60)81)45-54(76-79-67(52-21-9-7-10-22-52)49-68(80-76)53-23-11-8-12-24-53)46-64(75)51-35-41-58(42-36-51)82-71-31-19-15-27-61(71)62-28-16-20-32-72(62)82/h7-49H,1-6H3. The summed E-state index contributed by atoms with van der Waals surface area (Å²) < 4.78 is 7.35. The quantitative estimate of drug-likeness (QED) is 0.152. The lowest BCUT2D eigenvalue weighted by Crippen LogP contribution is -2.10.